The van der Waals surface area contributed by atoms with Gasteiger partial charge in [-0.05, 0) is 63.1 Å². The van der Waals surface area contributed by atoms with Crippen LogP contribution in [0.15, 0.2) is 41.2 Å². The molecule has 1 fully saturated rings. The van der Waals surface area contributed by atoms with Gasteiger partial charge in [0.1, 0.15) is 11.4 Å². The Morgan fingerprint density at radius 2 is 1.97 bits per heavy atom. The number of hydrogen-bond acceptors (Lipinski definition) is 5. The van der Waals surface area contributed by atoms with Crippen LogP contribution < -0.4 is 10.4 Å². The minimum absolute atomic E-state index is 0.198. The van der Waals surface area contributed by atoms with Gasteiger partial charge in [-0.25, -0.2) is 9.59 Å². The topological polar surface area (TPSA) is 89.5 Å². The molecule has 1 unspecified atom stereocenters. The van der Waals surface area contributed by atoms with E-state index in [4.69, 9.17) is 21.1 Å². The van der Waals surface area contributed by atoms with E-state index in [2.05, 4.69) is 6.07 Å². The number of carbonyl (C=O) groups is 1. The highest BCUT2D eigenvalue weighted by Gasteiger charge is 2.33. The highest BCUT2D eigenvalue weighted by Crippen LogP contribution is 2.29. The molecule has 1 aliphatic heterocycles. The van der Waals surface area contributed by atoms with Gasteiger partial charge >= 0.3 is 11.8 Å². The number of nitrogens with zero attached hydrogens (tertiary/aromatic N) is 4. The van der Waals surface area contributed by atoms with Crippen LogP contribution in [-0.4, -0.2) is 45.9 Å². The second kappa shape index (κ2) is 9.07. The molecule has 8 nitrogen and oxygen atoms in total. The number of likely N-dealkylation sites (tertiary alicyclic amines) is 1. The SMILES string of the molecule is COc1ccc(Cn2c(=O)n(C3CCN(C(=O)OC(C)(C)C)C3)c3ccc(C#N)cc32)cc1Cl. The molecule has 3 aromatic rings. The second-order valence-electron chi connectivity index (χ2n) is 9.39. The molecule has 1 atom stereocenters. The number of methoxy groups -OCH3 is 1. The van der Waals surface area contributed by atoms with Gasteiger partial charge in [0.15, 0.2) is 0 Å². The van der Waals surface area contributed by atoms with Crippen LogP contribution in [0.4, 0.5) is 4.79 Å². The van der Waals surface area contributed by atoms with Gasteiger partial charge in [0.2, 0.25) is 0 Å². The molecule has 34 heavy (non-hydrogen) atoms. The van der Waals surface area contributed by atoms with E-state index >= 15 is 0 Å². The highest BCUT2D eigenvalue weighted by molar-refractivity contribution is 6.32. The maximum Gasteiger partial charge on any atom is 0.410 e. The smallest absolute Gasteiger partial charge is 0.410 e. The average molecular weight is 483 g/mol. The monoisotopic (exact) mass is 482 g/mol. The van der Waals surface area contributed by atoms with Crippen LogP contribution in [0, 0.1) is 11.3 Å². The van der Waals surface area contributed by atoms with E-state index in [1.54, 1.807) is 51.5 Å². The zero-order valence-electron chi connectivity index (χ0n) is 19.7. The fourth-order valence-corrected chi connectivity index (χ4v) is 4.57. The standard InChI is InChI=1S/C25H27ClN4O4/c1-25(2,3)34-24(32)28-10-9-18(15-28)30-20-7-5-16(13-27)12-21(20)29(23(30)31)14-17-6-8-22(33-4)19(26)11-17/h5-8,11-12,18H,9-10,14-15H2,1-4H3. The number of aromatic nitrogens is 2. The zero-order valence-corrected chi connectivity index (χ0v) is 20.4. The average Bonchev–Trinajstić information content (AvgIpc) is 3.36. The van der Waals surface area contributed by atoms with E-state index in [1.807, 2.05) is 26.8 Å². The normalized spacial score (nSPS) is 16.0. The molecule has 1 aliphatic rings. The molecule has 0 spiro atoms. The van der Waals surface area contributed by atoms with E-state index in [9.17, 15) is 14.9 Å². The van der Waals surface area contributed by atoms with Gasteiger partial charge in [-0.2, -0.15) is 5.26 Å². The fourth-order valence-electron chi connectivity index (χ4n) is 4.29. The molecular formula is C25H27ClN4O4. The predicted octanol–water partition coefficient (Wildman–Crippen LogP) is 4.57. The van der Waals surface area contributed by atoms with Crippen molar-refractivity contribution in [2.45, 2.75) is 45.4 Å². The molecule has 178 valence electrons. The molecule has 9 heteroatoms. The number of rotatable bonds is 4. The number of fused-ring (bicyclic) bond motifs is 1. The van der Waals surface area contributed by atoms with Crippen LogP contribution in [0.3, 0.4) is 0 Å². The van der Waals surface area contributed by atoms with Gasteiger partial charge in [-0.3, -0.25) is 9.13 Å². The Kier molecular flexibility index (Phi) is 6.32. The van der Waals surface area contributed by atoms with Crippen molar-refractivity contribution in [3.05, 3.63) is 63.0 Å². The summed E-state index contributed by atoms with van der Waals surface area (Å²) in [4.78, 5) is 27.8. The van der Waals surface area contributed by atoms with E-state index in [0.29, 0.717) is 41.4 Å². The third kappa shape index (κ3) is 4.62. The lowest BCUT2D eigenvalue weighted by atomic mass is 10.2. The maximum absolute atomic E-state index is 13.6. The molecule has 0 aliphatic carbocycles. The summed E-state index contributed by atoms with van der Waals surface area (Å²) in [7, 11) is 1.55. The Hall–Kier alpha value is -3.44. The molecule has 1 amide bonds. The lowest BCUT2D eigenvalue weighted by Crippen LogP contribution is -2.36. The summed E-state index contributed by atoms with van der Waals surface area (Å²) in [5.74, 6) is 0.556. The van der Waals surface area contributed by atoms with Crippen molar-refractivity contribution in [1.29, 1.82) is 5.26 Å². The zero-order chi connectivity index (χ0) is 24.6. The third-order valence-electron chi connectivity index (χ3n) is 5.83. The summed E-state index contributed by atoms with van der Waals surface area (Å²) in [6.07, 6.45) is 0.249. The third-order valence-corrected chi connectivity index (χ3v) is 6.12. The minimum atomic E-state index is -0.588. The van der Waals surface area contributed by atoms with Gasteiger partial charge in [0.05, 0.1) is 47.4 Å². The summed E-state index contributed by atoms with van der Waals surface area (Å²) >= 11 is 6.29. The lowest BCUT2D eigenvalue weighted by molar-refractivity contribution is 0.0289. The Bertz CT molecular complexity index is 1350. The first kappa shape index (κ1) is 23.7. The van der Waals surface area contributed by atoms with Crippen molar-refractivity contribution >= 4 is 28.7 Å². The Morgan fingerprint density at radius 3 is 2.62 bits per heavy atom. The van der Waals surface area contributed by atoms with Gasteiger partial charge in [0, 0.05) is 13.1 Å². The van der Waals surface area contributed by atoms with Gasteiger partial charge in [-0.15, -0.1) is 0 Å². The summed E-state index contributed by atoms with van der Waals surface area (Å²) in [5.41, 5.74) is 1.89. The molecule has 0 radical (unpaired) electrons. The van der Waals surface area contributed by atoms with Crippen molar-refractivity contribution in [3.8, 4) is 11.8 Å². The molecular weight excluding hydrogens is 456 g/mol. The largest absolute Gasteiger partial charge is 0.495 e. The van der Waals surface area contributed by atoms with E-state index in [0.717, 1.165) is 11.1 Å². The first-order valence-electron chi connectivity index (χ1n) is 11.1. The molecule has 0 N–H and O–H groups in total. The van der Waals surface area contributed by atoms with E-state index in [-0.39, 0.29) is 24.4 Å². The van der Waals surface area contributed by atoms with Crippen LogP contribution in [0.1, 0.15) is 44.4 Å². The fraction of sp³-hybridized carbons (Fsp3) is 0.400. The first-order valence-corrected chi connectivity index (χ1v) is 11.4. The Balaban J connectivity index is 1.72. The Morgan fingerprint density at radius 1 is 1.21 bits per heavy atom. The molecule has 0 saturated carbocycles. The summed E-state index contributed by atoms with van der Waals surface area (Å²) < 4.78 is 14.1. The predicted molar refractivity (Wildman–Crippen MR) is 129 cm³/mol. The van der Waals surface area contributed by atoms with Crippen molar-refractivity contribution in [2.75, 3.05) is 20.2 Å². The summed E-state index contributed by atoms with van der Waals surface area (Å²) in [6, 6.07) is 12.5. The molecule has 2 aromatic carbocycles. The first-order chi connectivity index (χ1) is 16.1. The lowest BCUT2D eigenvalue weighted by Gasteiger charge is -2.24. The van der Waals surface area contributed by atoms with Crippen LogP contribution in [0.2, 0.25) is 5.02 Å². The number of imidazole rings is 1. The van der Waals surface area contributed by atoms with Crippen LogP contribution in [0.5, 0.6) is 5.75 Å². The molecule has 1 aromatic heterocycles. The number of ether oxygens (including phenoxy) is 2. The molecule has 4 rings (SSSR count). The van der Waals surface area contributed by atoms with Gasteiger partial charge in [0.25, 0.3) is 0 Å². The quantitative estimate of drug-likeness (QED) is 0.543. The van der Waals surface area contributed by atoms with E-state index < -0.39 is 5.60 Å². The van der Waals surface area contributed by atoms with Crippen molar-refractivity contribution in [2.24, 2.45) is 0 Å². The number of nitriles is 1. The molecule has 1 saturated heterocycles. The second-order valence-corrected chi connectivity index (χ2v) is 9.80. The maximum atomic E-state index is 13.6. The van der Waals surface area contributed by atoms with Gasteiger partial charge < -0.3 is 14.4 Å². The number of carbonyl (C=O) groups excluding carboxylic acids is 1. The summed E-state index contributed by atoms with van der Waals surface area (Å²) in [5, 5.41) is 9.87. The van der Waals surface area contributed by atoms with Crippen LogP contribution >= 0.6 is 11.6 Å². The number of halogens is 1. The molecule has 0 bridgehead atoms. The minimum Gasteiger partial charge on any atom is -0.495 e. The van der Waals surface area contributed by atoms with Gasteiger partial charge in [-0.1, -0.05) is 17.7 Å². The Labute approximate surface area is 202 Å². The number of benzene rings is 2. The number of amides is 1. The van der Waals surface area contributed by atoms with Crippen molar-refractivity contribution < 1.29 is 14.3 Å². The molecule has 2 heterocycles. The van der Waals surface area contributed by atoms with Crippen LogP contribution in [0.25, 0.3) is 11.0 Å². The van der Waals surface area contributed by atoms with Crippen molar-refractivity contribution in [1.82, 2.24) is 14.0 Å². The summed E-state index contributed by atoms with van der Waals surface area (Å²) in [6.45, 7) is 6.65. The van der Waals surface area contributed by atoms with Crippen molar-refractivity contribution in [3.63, 3.8) is 0 Å². The number of hydrogen-bond donors (Lipinski definition) is 0. The van der Waals surface area contributed by atoms with Crippen LogP contribution in [-0.2, 0) is 11.3 Å². The highest BCUT2D eigenvalue weighted by atomic mass is 35.5. The van der Waals surface area contributed by atoms with E-state index in [1.165, 1.54) is 0 Å².